The number of rotatable bonds is 22. The van der Waals surface area contributed by atoms with Gasteiger partial charge in [-0.05, 0) is 70.5 Å². The predicted octanol–water partition coefficient (Wildman–Crippen LogP) is 6.90. The maximum Gasteiger partial charge on any atom is 0.252 e. The molecule has 1 heterocycles. The van der Waals surface area contributed by atoms with Crippen molar-refractivity contribution in [3.05, 3.63) is 102 Å². The number of amides is 2. The van der Waals surface area contributed by atoms with Gasteiger partial charge in [0.05, 0.1) is 5.56 Å². The molecule has 0 spiro atoms. The molecule has 1 aromatic rings. The minimum atomic E-state index is -0.115. The van der Waals surface area contributed by atoms with E-state index in [1.807, 2.05) is 20.0 Å². The topological polar surface area (TPSA) is 74.3 Å². The van der Waals surface area contributed by atoms with Gasteiger partial charge >= 0.3 is 0 Å². The molecule has 0 saturated heterocycles. The fourth-order valence-corrected chi connectivity index (χ4v) is 3.67. The van der Waals surface area contributed by atoms with E-state index >= 15 is 0 Å². The minimum absolute atomic E-state index is 0.0641. The van der Waals surface area contributed by atoms with E-state index < -0.39 is 0 Å². The third kappa shape index (κ3) is 21.0. The van der Waals surface area contributed by atoms with Gasteiger partial charge in [-0.1, -0.05) is 86.8 Å². The molecule has 0 aliphatic heterocycles. The lowest BCUT2D eigenvalue weighted by atomic mass is 10.2. The van der Waals surface area contributed by atoms with E-state index in [0.29, 0.717) is 31.6 Å². The summed E-state index contributed by atoms with van der Waals surface area (Å²) in [5, 5.41) is 5.88. The zero-order chi connectivity index (χ0) is 29.8. The quantitative estimate of drug-likeness (QED) is 0.151. The molecule has 0 unspecified atom stereocenters. The molecule has 6 heteroatoms. The lowest BCUT2D eigenvalue weighted by Crippen LogP contribution is -2.37. The number of aryl methyl sites for hydroxylation is 1. The Balaban J connectivity index is 1.99. The molecular weight excluding hydrogens is 508 g/mol. The highest BCUT2D eigenvalue weighted by Gasteiger charge is 2.06. The van der Waals surface area contributed by atoms with Crippen molar-refractivity contribution in [2.45, 2.75) is 71.6 Å². The van der Waals surface area contributed by atoms with Gasteiger partial charge in [0.2, 0.25) is 5.91 Å². The van der Waals surface area contributed by atoms with Crippen LogP contribution >= 0.6 is 0 Å². The van der Waals surface area contributed by atoms with E-state index in [2.05, 4.69) is 100 Å². The summed E-state index contributed by atoms with van der Waals surface area (Å²) in [5.74, 6) is -0.0505. The van der Waals surface area contributed by atoms with Crippen molar-refractivity contribution in [2.75, 3.05) is 33.2 Å². The lowest BCUT2D eigenvalue weighted by molar-refractivity contribution is -0.121. The summed E-state index contributed by atoms with van der Waals surface area (Å²) in [6, 6.07) is 3.69. The van der Waals surface area contributed by atoms with Crippen LogP contribution in [0.5, 0.6) is 0 Å². The lowest BCUT2D eigenvalue weighted by Gasteiger charge is -2.17. The maximum atomic E-state index is 12.2. The third-order valence-corrected chi connectivity index (χ3v) is 6.18. The van der Waals surface area contributed by atoms with Gasteiger partial charge in [-0.25, -0.2) is 0 Å². The normalized spacial score (nSPS) is 12.4. The van der Waals surface area contributed by atoms with Crippen molar-refractivity contribution in [3.8, 4) is 0 Å². The van der Waals surface area contributed by atoms with Crippen LogP contribution in [-0.2, 0) is 11.2 Å². The second-order valence-electron chi connectivity index (χ2n) is 9.75. The van der Waals surface area contributed by atoms with Gasteiger partial charge in [0.15, 0.2) is 0 Å². The van der Waals surface area contributed by atoms with Gasteiger partial charge in [-0.2, -0.15) is 0 Å². The van der Waals surface area contributed by atoms with E-state index in [1.165, 1.54) is 0 Å². The van der Waals surface area contributed by atoms with Crippen molar-refractivity contribution < 1.29 is 9.59 Å². The van der Waals surface area contributed by atoms with Gasteiger partial charge in [-0.3, -0.25) is 14.6 Å². The molecule has 1 aromatic heterocycles. The highest BCUT2D eigenvalue weighted by Crippen LogP contribution is 2.01. The van der Waals surface area contributed by atoms with Crippen LogP contribution in [0.15, 0.2) is 91.2 Å². The Hall–Kier alpha value is -3.51. The van der Waals surface area contributed by atoms with Crippen LogP contribution in [-0.4, -0.2) is 54.9 Å². The fourth-order valence-electron chi connectivity index (χ4n) is 3.67. The Bertz CT molecular complexity index is 1000. The van der Waals surface area contributed by atoms with Crippen LogP contribution < -0.4 is 10.6 Å². The second kappa shape index (κ2) is 25.5. The number of nitrogens with zero attached hydrogens (tertiary/aromatic N) is 2. The van der Waals surface area contributed by atoms with Gasteiger partial charge < -0.3 is 15.5 Å². The first-order valence-corrected chi connectivity index (χ1v) is 15.1. The van der Waals surface area contributed by atoms with Crippen molar-refractivity contribution in [3.63, 3.8) is 0 Å². The largest absolute Gasteiger partial charge is 0.355 e. The Labute approximate surface area is 249 Å². The second-order valence-corrected chi connectivity index (χ2v) is 9.75. The number of aromatic nitrogens is 1. The fraction of sp³-hybridized carbons (Fsp3) is 0.457. The SMILES string of the molecule is CC/C=C\C/C=C\C/C=C\C/C=C\C/C=C\C/C=C\CCC(=O)NCCN(C)CCNC(=O)c1ccc(CC)nc1. The van der Waals surface area contributed by atoms with Gasteiger partial charge in [-0.15, -0.1) is 0 Å². The molecule has 0 aliphatic carbocycles. The third-order valence-electron chi connectivity index (χ3n) is 6.18. The summed E-state index contributed by atoms with van der Waals surface area (Å²) >= 11 is 0. The molecule has 2 N–H and O–H groups in total. The van der Waals surface area contributed by atoms with Gasteiger partial charge in [0.25, 0.3) is 5.91 Å². The average Bonchev–Trinajstić information content (AvgIpc) is 2.98. The molecule has 0 aromatic carbocycles. The van der Waals surface area contributed by atoms with Crippen LogP contribution in [0.4, 0.5) is 0 Å². The number of pyridine rings is 1. The zero-order valence-electron chi connectivity index (χ0n) is 25.6. The minimum Gasteiger partial charge on any atom is -0.355 e. The molecule has 224 valence electrons. The van der Waals surface area contributed by atoms with Crippen LogP contribution in [0, 0.1) is 0 Å². The standard InChI is InChI=1S/C35H52N4O2/c1-4-6-7-8-9-10-11-12-13-14-15-16-17-18-19-20-21-22-23-24-34(40)36-27-29-39(3)30-28-37-35(41)32-25-26-33(5-2)38-31-32/h6-7,9-10,12-13,15-16,18-19,21-22,25-26,31H,4-5,8,11,14,17,20,23-24,27-30H2,1-3H3,(H,36,40)(H,37,41)/b7-6-,10-9-,13-12-,16-15-,19-18-,22-21-. The summed E-state index contributed by atoms with van der Waals surface area (Å²) < 4.78 is 0. The number of nitrogens with one attached hydrogen (secondary N) is 2. The van der Waals surface area contributed by atoms with Gasteiger partial charge in [0.1, 0.15) is 0 Å². The van der Waals surface area contributed by atoms with Crippen molar-refractivity contribution >= 4 is 11.8 Å². The summed E-state index contributed by atoms with van der Waals surface area (Å²) in [6.07, 6.45) is 35.8. The molecule has 0 fully saturated rings. The van der Waals surface area contributed by atoms with E-state index in [1.54, 1.807) is 12.3 Å². The smallest absolute Gasteiger partial charge is 0.252 e. The Morgan fingerprint density at radius 1 is 0.732 bits per heavy atom. The highest BCUT2D eigenvalue weighted by molar-refractivity contribution is 5.93. The molecule has 1 rings (SSSR count). The molecule has 2 amide bonds. The van der Waals surface area contributed by atoms with Crippen LogP contribution in [0.2, 0.25) is 0 Å². The van der Waals surface area contributed by atoms with E-state index in [9.17, 15) is 9.59 Å². The highest BCUT2D eigenvalue weighted by atomic mass is 16.2. The zero-order valence-corrected chi connectivity index (χ0v) is 25.6. The molecule has 41 heavy (non-hydrogen) atoms. The first-order valence-electron chi connectivity index (χ1n) is 15.1. The molecular formula is C35H52N4O2. The van der Waals surface area contributed by atoms with Crippen molar-refractivity contribution in [1.82, 2.24) is 20.5 Å². The Morgan fingerprint density at radius 3 is 1.73 bits per heavy atom. The summed E-state index contributed by atoms with van der Waals surface area (Å²) in [4.78, 5) is 30.6. The monoisotopic (exact) mass is 560 g/mol. The van der Waals surface area contributed by atoms with Crippen molar-refractivity contribution in [1.29, 1.82) is 0 Å². The average molecular weight is 561 g/mol. The van der Waals surface area contributed by atoms with Crippen LogP contribution in [0.25, 0.3) is 0 Å². The number of hydrogen-bond acceptors (Lipinski definition) is 4. The summed E-state index contributed by atoms with van der Waals surface area (Å²) in [6.45, 7) is 6.76. The Kier molecular flexibility index (Phi) is 22.1. The molecule has 0 radical (unpaired) electrons. The molecule has 6 nitrogen and oxygen atoms in total. The Morgan fingerprint density at radius 2 is 1.24 bits per heavy atom. The summed E-state index contributed by atoms with van der Waals surface area (Å²) in [5.41, 5.74) is 1.55. The number of hydrogen-bond donors (Lipinski definition) is 2. The van der Waals surface area contributed by atoms with Crippen molar-refractivity contribution in [2.24, 2.45) is 0 Å². The molecule has 0 aliphatic rings. The first kappa shape index (κ1) is 35.5. The molecule has 0 bridgehead atoms. The number of carbonyl (C=O) groups is 2. The first-order chi connectivity index (χ1) is 20.1. The maximum absolute atomic E-state index is 12.2. The van der Waals surface area contributed by atoms with Gasteiger partial charge in [0, 0.05) is 44.5 Å². The number of likely N-dealkylation sites (N-methyl/N-ethyl adjacent to an activating group) is 1. The molecule has 0 atom stereocenters. The number of carbonyl (C=O) groups excluding carboxylic acids is 2. The van der Waals surface area contributed by atoms with Crippen LogP contribution in [0.1, 0.15) is 81.3 Å². The number of allylic oxidation sites excluding steroid dienone is 12. The van der Waals surface area contributed by atoms with Crippen LogP contribution in [0.3, 0.4) is 0 Å². The van der Waals surface area contributed by atoms with E-state index in [4.69, 9.17) is 0 Å². The van der Waals surface area contributed by atoms with E-state index in [0.717, 1.165) is 63.6 Å². The predicted molar refractivity (Wildman–Crippen MR) is 174 cm³/mol. The summed E-state index contributed by atoms with van der Waals surface area (Å²) in [7, 11) is 1.98. The molecule has 0 saturated carbocycles. The van der Waals surface area contributed by atoms with E-state index in [-0.39, 0.29) is 11.8 Å².